The number of pyridine rings is 1. The van der Waals surface area contributed by atoms with E-state index in [1.165, 1.54) is 6.20 Å². The summed E-state index contributed by atoms with van der Waals surface area (Å²) < 4.78 is 5.05. The zero-order valence-corrected chi connectivity index (χ0v) is 11.0. The maximum atomic E-state index is 11.4. The number of hydrogen-bond donors (Lipinski definition) is 2. The summed E-state index contributed by atoms with van der Waals surface area (Å²) in [7, 11) is 1.55. The molecule has 0 aliphatic rings. The molecule has 5 heteroatoms. The third-order valence-corrected chi connectivity index (χ3v) is 3.11. The van der Waals surface area contributed by atoms with Crippen molar-refractivity contribution in [3.05, 3.63) is 53.7 Å². The van der Waals surface area contributed by atoms with Crippen LogP contribution in [0.2, 0.25) is 0 Å². The molecule has 2 N–H and O–H groups in total. The van der Waals surface area contributed by atoms with Crippen molar-refractivity contribution in [1.29, 1.82) is 0 Å². The molecule has 5 nitrogen and oxygen atoms in total. The first kappa shape index (κ1) is 13.9. The molecule has 1 unspecified atom stereocenters. The number of carboxylic acid groups (broad SMARTS) is 1. The zero-order chi connectivity index (χ0) is 14.5. The van der Waals surface area contributed by atoms with E-state index < -0.39 is 11.9 Å². The summed E-state index contributed by atoms with van der Waals surface area (Å²) in [5, 5.41) is 19.0. The quantitative estimate of drug-likeness (QED) is 0.873. The van der Waals surface area contributed by atoms with Crippen LogP contribution in [0.3, 0.4) is 0 Å². The fraction of sp³-hybridized carbons (Fsp3) is 0.200. The van der Waals surface area contributed by atoms with E-state index in [-0.39, 0.29) is 12.3 Å². The number of aromatic hydroxyl groups is 1. The van der Waals surface area contributed by atoms with Gasteiger partial charge in [-0.3, -0.25) is 4.79 Å². The number of aliphatic carboxylic acids is 1. The van der Waals surface area contributed by atoms with E-state index in [0.29, 0.717) is 16.9 Å². The predicted molar refractivity (Wildman–Crippen MR) is 73.0 cm³/mol. The van der Waals surface area contributed by atoms with Crippen molar-refractivity contribution in [2.24, 2.45) is 0 Å². The van der Waals surface area contributed by atoms with Gasteiger partial charge in [0.05, 0.1) is 13.0 Å². The molecular weight excluding hydrogens is 258 g/mol. The molecule has 0 fully saturated rings. The van der Waals surface area contributed by atoms with Gasteiger partial charge in [-0.05, 0) is 30.2 Å². The van der Waals surface area contributed by atoms with Crippen LogP contribution in [0.1, 0.15) is 17.0 Å². The Morgan fingerprint density at radius 1 is 1.30 bits per heavy atom. The zero-order valence-electron chi connectivity index (χ0n) is 11.0. The fourth-order valence-corrected chi connectivity index (χ4v) is 1.99. The van der Waals surface area contributed by atoms with Crippen LogP contribution in [0.15, 0.2) is 42.6 Å². The van der Waals surface area contributed by atoms with Gasteiger partial charge in [-0.25, -0.2) is 4.98 Å². The number of methoxy groups -OCH3 is 1. The van der Waals surface area contributed by atoms with E-state index in [1.807, 2.05) is 0 Å². The van der Waals surface area contributed by atoms with Crippen LogP contribution in [-0.2, 0) is 11.2 Å². The molecule has 1 atom stereocenters. The maximum Gasteiger partial charge on any atom is 0.311 e. The lowest BCUT2D eigenvalue weighted by Crippen LogP contribution is -2.14. The van der Waals surface area contributed by atoms with Crippen molar-refractivity contribution in [3.63, 3.8) is 0 Å². The average Bonchev–Trinajstić information content (AvgIpc) is 2.46. The molecule has 0 amide bonds. The molecule has 0 radical (unpaired) electrons. The molecule has 0 spiro atoms. The highest BCUT2D eigenvalue weighted by Gasteiger charge is 2.22. The van der Waals surface area contributed by atoms with Gasteiger partial charge >= 0.3 is 5.97 Å². The molecule has 0 saturated heterocycles. The number of hydrogen-bond acceptors (Lipinski definition) is 4. The normalized spacial score (nSPS) is 11.8. The number of ether oxygens (including phenoxy) is 1. The summed E-state index contributed by atoms with van der Waals surface area (Å²) in [4.78, 5) is 15.2. The number of benzene rings is 1. The van der Waals surface area contributed by atoms with Crippen molar-refractivity contribution in [2.45, 2.75) is 12.3 Å². The van der Waals surface area contributed by atoms with E-state index in [4.69, 9.17) is 4.74 Å². The first-order valence-electron chi connectivity index (χ1n) is 6.11. The van der Waals surface area contributed by atoms with Gasteiger partial charge in [-0.15, -0.1) is 0 Å². The first-order valence-corrected chi connectivity index (χ1v) is 6.11. The molecule has 104 valence electrons. The monoisotopic (exact) mass is 273 g/mol. The molecule has 1 heterocycles. The topological polar surface area (TPSA) is 79.7 Å². The van der Waals surface area contributed by atoms with Crippen LogP contribution >= 0.6 is 0 Å². The predicted octanol–water partition coefficient (Wildman–Crippen LogP) is 2.21. The lowest BCUT2D eigenvalue weighted by Gasteiger charge is -2.13. The van der Waals surface area contributed by atoms with Crippen LogP contribution < -0.4 is 4.74 Å². The van der Waals surface area contributed by atoms with E-state index in [9.17, 15) is 15.0 Å². The van der Waals surface area contributed by atoms with E-state index in [1.54, 1.807) is 43.5 Å². The minimum Gasteiger partial charge on any atom is -0.497 e. The van der Waals surface area contributed by atoms with Gasteiger partial charge in [0.2, 0.25) is 5.88 Å². The van der Waals surface area contributed by atoms with Gasteiger partial charge in [0.25, 0.3) is 0 Å². The lowest BCUT2D eigenvalue weighted by molar-refractivity contribution is -0.138. The van der Waals surface area contributed by atoms with Gasteiger partial charge in [-0.1, -0.05) is 18.2 Å². The van der Waals surface area contributed by atoms with Gasteiger partial charge in [0, 0.05) is 11.8 Å². The van der Waals surface area contributed by atoms with Crippen molar-refractivity contribution in [3.8, 4) is 11.6 Å². The highest BCUT2D eigenvalue weighted by molar-refractivity contribution is 5.76. The molecule has 0 aliphatic heterocycles. The van der Waals surface area contributed by atoms with Crippen LogP contribution in [-0.4, -0.2) is 28.3 Å². The largest absolute Gasteiger partial charge is 0.497 e. The Morgan fingerprint density at radius 2 is 2.00 bits per heavy atom. The van der Waals surface area contributed by atoms with Crippen LogP contribution in [0, 0.1) is 0 Å². The third-order valence-electron chi connectivity index (χ3n) is 3.11. The Labute approximate surface area is 116 Å². The highest BCUT2D eigenvalue weighted by Crippen LogP contribution is 2.26. The second kappa shape index (κ2) is 6.06. The summed E-state index contributed by atoms with van der Waals surface area (Å²) in [6.07, 6.45) is 1.64. The minimum atomic E-state index is -0.946. The number of carbonyl (C=O) groups is 1. The Hall–Kier alpha value is -2.56. The van der Waals surface area contributed by atoms with E-state index in [2.05, 4.69) is 4.98 Å². The van der Waals surface area contributed by atoms with E-state index in [0.717, 1.165) is 0 Å². The molecule has 0 saturated carbocycles. The maximum absolute atomic E-state index is 11.4. The number of rotatable bonds is 5. The van der Waals surface area contributed by atoms with Crippen molar-refractivity contribution < 1.29 is 19.7 Å². The summed E-state index contributed by atoms with van der Waals surface area (Å²) in [5.74, 6) is -1.15. The molecule has 2 aromatic rings. The van der Waals surface area contributed by atoms with Crippen LogP contribution in [0.4, 0.5) is 0 Å². The van der Waals surface area contributed by atoms with Gasteiger partial charge < -0.3 is 14.9 Å². The van der Waals surface area contributed by atoms with Gasteiger partial charge in [-0.2, -0.15) is 0 Å². The molecule has 0 bridgehead atoms. The second-order valence-electron chi connectivity index (χ2n) is 4.35. The smallest absolute Gasteiger partial charge is 0.311 e. The molecule has 1 aromatic heterocycles. The molecule has 20 heavy (non-hydrogen) atoms. The van der Waals surface area contributed by atoms with Gasteiger partial charge in [0.15, 0.2) is 0 Å². The summed E-state index contributed by atoms with van der Waals surface area (Å²) in [5.41, 5.74) is 1.16. The van der Waals surface area contributed by atoms with Crippen molar-refractivity contribution >= 4 is 5.97 Å². The van der Waals surface area contributed by atoms with Crippen LogP contribution in [0.5, 0.6) is 11.6 Å². The summed E-state index contributed by atoms with van der Waals surface area (Å²) in [6.45, 7) is 0. The summed E-state index contributed by atoms with van der Waals surface area (Å²) in [6, 6.07) is 10.2. The minimum absolute atomic E-state index is 0.132. The lowest BCUT2D eigenvalue weighted by atomic mass is 9.92. The third kappa shape index (κ3) is 3.06. The second-order valence-corrected chi connectivity index (χ2v) is 4.35. The van der Waals surface area contributed by atoms with E-state index >= 15 is 0 Å². The SMILES string of the molecule is COc1ccc(C(Cc2cccnc2O)C(=O)O)cc1. The standard InChI is InChI=1S/C15H15NO4/c1-20-12-6-4-10(5-7-12)13(15(18)19)9-11-3-2-8-16-14(11)17/h2-8,13H,9H2,1H3,(H,16,17)(H,18,19). The average molecular weight is 273 g/mol. The Bertz CT molecular complexity index is 595. The highest BCUT2D eigenvalue weighted by atomic mass is 16.5. The number of carboxylic acids is 1. The Balaban J connectivity index is 2.27. The van der Waals surface area contributed by atoms with Crippen molar-refractivity contribution in [2.75, 3.05) is 7.11 Å². The number of nitrogens with zero attached hydrogens (tertiary/aromatic N) is 1. The fourth-order valence-electron chi connectivity index (χ4n) is 1.99. The molecule has 2 rings (SSSR count). The Morgan fingerprint density at radius 3 is 2.55 bits per heavy atom. The molecule has 0 aliphatic carbocycles. The number of aromatic nitrogens is 1. The molecular formula is C15H15NO4. The Kier molecular flexibility index (Phi) is 4.20. The molecule has 1 aromatic carbocycles. The van der Waals surface area contributed by atoms with Gasteiger partial charge in [0.1, 0.15) is 5.75 Å². The van der Waals surface area contributed by atoms with Crippen molar-refractivity contribution in [1.82, 2.24) is 4.98 Å². The van der Waals surface area contributed by atoms with Crippen LogP contribution in [0.25, 0.3) is 0 Å². The summed E-state index contributed by atoms with van der Waals surface area (Å²) >= 11 is 0. The first-order chi connectivity index (χ1) is 9.61.